The van der Waals surface area contributed by atoms with Gasteiger partial charge in [0.15, 0.2) is 0 Å². The summed E-state index contributed by atoms with van der Waals surface area (Å²) in [5, 5.41) is 10.9. The van der Waals surface area contributed by atoms with E-state index in [9.17, 15) is 0 Å². The van der Waals surface area contributed by atoms with E-state index < -0.39 is 0 Å². The zero-order valence-electron chi connectivity index (χ0n) is 15.2. The maximum absolute atomic E-state index is 3.68. The van der Waals surface area contributed by atoms with Gasteiger partial charge >= 0.3 is 0 Å². The van der Waals surface area contributed by atoms with Crippen LogP contribution in [0.25, 0.3) is 0 Å². The fourth-order valence-electron chi connectivity index (χ4n) is 3.10. The van der Waals surface area contributed by atoms with Crippen LogP contribution in [0.5, 0.6) is 0 Å². The van der Waals surface area contributed by atoms with Gasteiger partial charge in [0.2, 0.25) is 0 Å². The van der Waals surface area contributed by atoms with E-state index in [0.717, 1.165) is 39.3 Å². The Morgan fingerprint density at radius 1 is 1.00 bits per heavy atom. The average Bonchev–Trinajstić information content (AvgIpc) is 2.47. The summed E-state index contributed by atoms with van der Waals surface area (Å²) in [4.78, 5) is 2.56. The van der Waals surface area contributed by atoms with Crippen molar-refractivity contribution in [1.29, 1.82) is 0 Å². The molecule has 1 atom stereocenters. The van der Waals surface area contributed by atoms with Gasteiger partial charge in [-0.25, -0.2) is 0 Å². The monoisotopic (exact) mass is 298 g/mol. The molecule has 0 amide bonds. The van der Waals surface area contributed by atoms with Crippen LogP contribution in [0.1, 0.15) is 47.5 Å². The lowest BCUT2D eigenvalue weighted by Gasteiger charge is -2.46. The van der Waals surface area contributed by atoms with Gasteiger partial charge in [-0.1, -0.05) is 13.8 Å². The summed E-state index contributed by atoms with van der Waals surface area (Å²) in [5.74, 6) is 0. The van der Waals surface area contributed by atoms with Crippen molar-refractivity contribution in [3.63, 3.8) is 0 Å². The normalized spacial score (nSPS) is 29.1. The van der Waals surface area contributed by atoms with Crippen LogP contribution in [-0.4, -0.2) is 62.8 Å². The molecule has 0 aromatic rings. The van der Waals surface area contributed by atoms with E-state index in [-0.39, 0.29) is 5.54 Å². The molecular weight excluding hydrogens is 260 g/mol. The Labute approximate surface area is 132 Å². The van der Waals surface area contributed by atoms with Crippen LogP contribution in [0.3, 0.4) is 0 Å². The van der Waals surface area contributed by atoms with E-state index in [1.165, 1.54) is 12.8 Å². The summed E-state index contributed by atoms with van der Waals surface area (Å²) < 4.78 is 0. The quantitative estimate of drug-likeness (QED) is 0.725. The molecular formula is C17H38N4. The Balaban J connectivity index is 2.87. The summed E-state index contributed by atoms with van der Waals surface area (Å²) in [5.41, 5.74) is 0.531. The highest BCUT2D eigenvalue weighted by Gasteiger charge is 2.35. The van der Waals surface area contributed by atoms with E-state index in [4.69, 9.17) is 0 Å². The second kappa shape index (κ2) is 8.47. The van der Waals surface area contributed by atoms with Crippen LogP contribution in [0.4, 0.5) is 0 Å². The molecule has 0 aliphatic carbocycles. The third-order valence-corrected chi connectivity index (χ3v) is 5.85. The Bertz CT molecular complexity index is 287. The average molecular weight is 299 g/mol. The number of likely N-dealkylation sites (N-methyl/N-ethyl adjacent to an activating group) is 1. The minimum Gasteiger partial charge on any atom is -0.315 e. The number of nitrogens with zero attached hydrogens (tertiary/aromatic N) is 1. The highest BCUT2D eigenvalue weighted by atomic mass is 15.2. The first-order chi connectivity index (χ1) is 9.88. The zero-order chi connectivity index (χ0) is 15.9. The number of hydrogen-bond donors (Lipinski definition) is 3. The van der Waals surface area contributed by atoms with Crippen molar-refractivity contribution < 1.29 is 0 Å². The molecule has 1 unspecified atom stereocenters. The van der Waals surface area contributed by atoms with Gasteiger partial charge < -0.3 is 16.0 Å². The van der Waals surface area contributed by atoms with Crippen molar-refractivity contribution in [3.8, 4) is 0 Å². The molecule has 0 radical (unpaired) electrons. The van der Waals surface area contributed by atoms with Crippen LogP contribution in [0.2, 0.25) is 0 Å². The highest BCUT2D eigenvalue weighted by molar-refractivity contribution is 4.93. The number of rotatable bonds is 2. The van der Waals surface area contributed by atoms with Crippen molar-refractivity contribution in [2.45, 2.75) is 59.0 Å². The van der Waals surface area contributed by atoms with Gasteiger partial charge in [0, 0.05) is 50.8 Å². The molecule has 1 aliphatic heterocycles. The maximum atomic E-state index is 3.68. The fourth-order valence-corrected chi connectivity index (χ4v) is 3.10. The Morgan fingerprint density at radius 3 is 2.19 bits per heavy atom. The van der Waals surface area contributed by atoms with Crippen molar-refractivity contribution in [3.05, 3.63) is 0 Å². The maximum Gasteiger partial charge on any atom is 0.0300 e. The fraction of sp³-hybridized carbons (Fsp3) is 1.00. The van der Waals surface area contributed by atoms with Gasteiger partial charge in [-0.05, 0) is 46.1 Å². The summed E-state index contributed by atoms with van der Waals surface area (Å²) in [7, 11) is 2.29. The smallest absolute Gasteiger partial charge is 0.0300 e. The first-order valence-corrected chi connectivity index (χ1v) is 8.74. The lowest BCUT2D eigenvalue weighted by molar-refractivity contribution is 0.0567. The molecule has 126 valence electrons. The second-order valence-corrected chi connectivity index (χ2v) is 7.32. The predicted molar refractivity (Wildman–Crippen MR) is 92.9 cm³/mol. The van der Waals surface area contributed by atoms with Gasteiger partial charge in [0.25, 0.3) is 0 Å². The largest absolute Gasteiger partial charge is 0.315 e. The Morgan fingerprint density at radius 2 is 1.57 bits per heavy atom. The van der Waals surface area contributed by atoms with E-state index in [1.807, 2.05) is 0 Å². The van der Waals surface area contributed by atoms with Gasteiger partial charge in [-0.3, -0.25) is 4.90 Å². The zero-order valence-corrected chi connectivity index (χ0v) is 15.2. The van der Waals surface area contributed by atoms with Crippen LogP contribution in [0, 0.1) is 5.41 Å². The molecule has 1 saturated heterocycles. The molecule has 3 N–H and O–H groups in total. The summed E-state index contributed by atoms with van der Waals surface area (Å²) in [6, 6.07) is 0.476. The van der Waals surface area contributed by atoms with E-state index in [1.54, 1.807) is 0 Å². The van der Waals surface area contributed by atoms with Gasteiger partial charge in [0.05, 0.1) is 0 Å². The molecule has 0 spiro atoms. The van der Waals surface area contributed by atoms with Crippen molar-refractivity contribution in [2.24, 2.45) is 5.41 Å². The summed E-state index contributed by atoms with van der Waals surface area (Å²) in [6.07, 6.45) is 2.46. The molecule has 1 heterocycles. The Hall–Kier alpha value is -0.160. The lowest BCUT2D eigenvalue weighted by atomic mass is 9.80. The molecule has 0 aromatic heterocycles. The third kappa shape index (κ3) is 5.20. The number of nitrogens with one attached hydrogen (secondary N) is 3. The topological polar surface area (TPSA) is 39.3 Å². The van der Waals surface area contributed by atoms with Crippen LogP contribution in [0.15, 0.2) is 0 Å². The first-order valence-electron chi connectivity index (χ1n) is 8.74. The summed E-state index contributed by atoms with van der Waals surface area (Å²) in [6.45, 7) is 18.2. The van der Waals surface area contributed by atoms with Gasteiger partial charge in [-0.15, -0.1) is 0 Å². The SMILES string of the molecule is CCC1(CC)CNCCNCCNC(C)C(C)(C)N(C)C1. The molecule has 0 bridgehead atoms. The molecule has 0 aromatic carbocycles. The molecule has 4 nitrogen and oxygen atoms in total. The van der Waals surface area contributed by atoms with E-state index >= 15 is 0 Å². The molecule has 1 fully saturated rings. The van der Waals surface area contributed by atoms with Gasteiger partial charge in [-0.2, -0.15) is 0 Å². The first kappa shape index (κ1) is 18.9. The predicted octanol–water partition coefficient (Wildman–Crippen LogP) is 1.67. The third-order valence-electron chi connectivity index (χ3n) is 5.85. The van der Waals surface area contributed by atoms with E-state index in [2.05, 4.69) is 62.5 Å². The van der Waals surface area contributed by atoms with Crippen molar-refractivity contribution >= 4 is 0 Å². The minimum absolute atomic E-state index is 0.156. The van der Waals surface area contributed by atoms with E-state index in [0.29, 0.717) is 11.5 Å². The highest BCUT2D eigenvalue weighted by Crippen LogP contribution is 2.30. The second-order valence-electron chi connectivity index (χ2n) is 7.32. The van der Waals surface area contributed by atoms with Crippen molar-refractivity contribution in [2.75, 3.05) is 46.3 Å². The Kier molecular flexibility index (Phi) is 7.62. The van der Waals surface area contributed by atoms with Crippen LogP contribution in [-0.2, 0) is 0 Å². The van der Waals surface area contributed by atoms with Crippen LogP contribution >= 0.6 is 0 Å². The standard InChI is InChI=1S/C17H38N4/c1-7-17(8-2)13-19-10-9-18-11-12-20-15(3)16(4,5)21(6)14-17/h15,18-20H,7-14H2,1-6H3. The molecule has 0 saturated carbocycles. The molecule has 4 heteroatoms. The summed E-state index contributed by atoms with van der Waals surface area (Å²) >= 11 is 0. The number of hydrogen-bond acceptors (Lipinski definition) is 4. The van der Waals surface area contributed by atoms with Crippen LogP contribution < -0.4 is 16.0 Å². The molecule has 21 heavy (non-hydrogen) atoms. The lowest BCUT2D eigenvalue weighted by Crippen LogP contribution is -2.58. The molecule has 1 aliphatic rings. The minimum atomic E-state index is 0.156. The van der Waals surface area contributed by atoms with Gasteiger partial charge in [0.1, 0.15) is 0 Å². The molecule has 1 rings (SSSR count). The van der Waals surface area contributed by atoms with Crippen molar-refractivity contribution in [1.82, 2.24) is 20.9 Å².